The first kappa shape index (κ1) is 20.4. The number of carbonyl (C=O) groups is 1. The van der Waals surface area contributed by atoms with E-state index in [1.165, 1.54) is 0 Å². The van der Waals surface area contributed by atoms with Crippen LogP contribution in [0.15, 0.2) is 29.1 Å². The molecule has 1 aromatic carbocycles. The lowest BCUT2D eigenvalue weighted by Crippen LogP contribution is -2.44. The quantitative estimate of drug-likeness (QED) is 0.373. The number of nitrogens with zero attached hydrogens (tertiary/aromatic N) is 2. The molecule has 2 aliphatic heterocycles. The van der Waals surface area contributed by atoms with Gasteiger partial charge < -0.3 is 19.5 Å². The minimum absolute atomic E-state index is 0.109. The highest BCUT2D eigenvalue weighted by molar-refractivity contribution is 5.90. The van der Waals surface area contributed by atoms with E-state index in [4.69, 9.17) is 14.8 Å². The van der Waals surface area contributed by atoms with Crippen LogP contribution in [0, 0.1) is 11.8 Å². The van der Waals surface area contributed by atoms with Gasteiger partial charge in [-0.1, -0.05) is 25.7 Å². The van der Waals surface area contributed by atoms with Crippen molar-refractivity contribution in [1.29, 1.82) is 0 Å². The summed E-state index contributed by atoms with van der Waals surface area (Å²) in [5.41, 5.74) is 3.42. The van der Waals surface area contributed by atoms with Gasteiger partial charge >= 0.3 is 5.97 Å². The highest BCUT2D eigenvalue weighted by Gasteiger charge is 2.45. The number of hydrogen-bond donors (Lipinski definition) is 2. The molecule has 0 unspecified atom stereocenters. The lowest BCUT2D eigenvalue weighted by atomic mass is 9.86. The normalized spacial score (nSPS) is 18.4. The summed E-state index contributed by atoms with van der Waals surface area (Å²) in [5.74, 6) is 4.87. The number of aliphatic hydroxyl groups is 2. The minimum atomic E-state index is -1.84. The molecule has 7 nitrogen and oxygen atoms in total. The Labute approximate surface area is 184 Å². The molecule has 4 heterocycles. The molecular weight excluding hydrogens is 408 g/mol. The van der Waals surface area contributed by atoms with Crippen molar-refractivity contribution in [3.05, 3.63) is 62.4 Å². The largest absolute Gasteiger partial charge is 0.458 e. The lowest BCUT2D eigenvalue weighted by Gasteiger charge is -2.31. The van der Waals surface area contributed by atoms with E-state index < -0.39 is 11.6 Å². The summed E-state index contributed by atoms with van der Waals surface area (Å²) in [6, 6.07) is 7.43. The molecule has 1 atom stereocenters. The first-order chi connectivity index (χ1) is 15.4. The third kappa shape index (κ3) is 2.73. The number of aromatic nitrogens is 2. The Bertz CT molecular complexity index is 1430. The molecule has 0 fully saturated rings. The predicted molar refractivity (Wildman–Crippen MR) is 118 cm³/mol. The molecule has 7 heteroatoms. The van der Waals surface area contributed by atoms with Crippen molar-refractivity contribution in [3.63, 3.8) is 0 Å². The third-order valence-electron chi connectivity index (χ3n) is 6.47. The second-order valence-electron chi connectivity index (χ2n) is 8.07. The number of carbonyl (C=O) groups excluding carboxylic acids is 1. The first-order valence-electron chi connectivity index (χ1n) is 10.6. The molecule has 0 spiro atoms. The zero-order valence-corrected chi connectivity index (χ0v) is 17.9. The maximum Gasteiger partial charge on any atom is 0.343 e. The van der Waals surface area contributed by atoms with E-state index in [9.17, 15) is 14.7 Å². The second kappa shape index (κ2) is 7.30. The number of esters is 1. The van der Waals surface area contributed by atoms with Crippen molar-refractivity contribution in [2.75, 3.05) is 6.61 Å². The monoisotopic (exact) mass is 430 g/mol. The molecule has 0 saturated carbocycles. The van der Waals surface area contributed by atoms with Crippen LogP contribution in [-0.2, 0) is 34.7 Å². The van der Waals surface area contributed by atoms with Gasteiger partial charge in [-0.05, 0) is 42.7 Å². The molecule has 2 aromatic heterocycles. The number of rotatable bonds is 2. The molecule has 2 aliphatic rings. The van der Waals surface area contributed by atoms with Gasteiger partial charge in [0.15, 0.2) is 5.60 Å². The van der Waals surface area contributed by atoms with Crippen LogP contribution in [0.5, 0.6) is 0 Å². The van der Waals surface area contributed by atoms with Gasteiger partial charge in [0.05, 0.1) is 29.0 Å². The molecule has 32 heavy (non-hydrogen) atoms. The standard InChI is InChI=1S/C25H22N2O5/c1-3-15-16-10-14(6-5-9-28)7-8-20(16)26-22-17(15)12-27-21(22)11-19-18(23(27)29)13-32-24(30)25(19,31)4-2/h7-8,10-11,28,31H,3-4,9,12-13H2,1-2H3/t25-/m0/s1. The number of fused-ring (bicyclic) bond motifs is 5. The van der Waals surface area contributed by atoms with Crippen LogP contribution >= 0.6 is 0 Å². The van der Waals surface area contributed by atoms with Crippen molar-refractivity contribution >= 4 is 16.9 Å². The Morgan fingerprint density at radius 3 is 2.75 bits per heavy atom. The smallest absolute Gasteiger partial charge is 0.343 e. The van der Waals surface area contributed by atoms with Gasteiger partial charge in [0.1, 0.15) is 13.2 Å². The number of pyridine rings is 2. The highest BCUT2D eigenvalue weighted by Crippen LogP contribution is 2.40. The fraction of sp³-hybridized carbons (Fsp3) is 0.320. The molecule has 3 aromatic rings. The van der Waals surface area contributed by atoms with Crippen LogP contribution in [0.3, 0.4) is 0 Å². The number of ether oxygens (including phenoxy) is 1. The molecule has 0 bridgehead atoms. The summed E-state index contributed by atoms with van der Waals surface area (Å²) in [4.78, 5) is 30.5. The zero-order chi connectivity index (χ0) is 22.6. The minimum Gasteiger partial charge on any atom is -0.458 e. The predicted octanol–water partition coefficient (Wildman–Crippen LogP) is 1.99. The van der Waals surface area contributed by atoms with Gasteiger partial charge in [-0.15, -0.1) is 0 Å². The molecule has 0 saturated heterocycles. The fourth-order valence-electron chi connectivity index (χ4n) is 4.78. The molecule has 5 rings (SSSR count). The molecule has 2 N–H and O–H groups in total. The maximum absolute atomic E-state index is 13.3. The summed E-state index contributed by atoms with van der Waals surface area (Å²) in [6.07, 6.45) is 0.846. The molecular formula is C25H22N2O5. The summed E-state index contributed by atoms with van der Waals surface area (Å²) >= 11 is 0. The molecule has 162 valence electrons. The lowest BCUT2D eigenvalue weighted by molar-refractivity contribution is -0.172. The Morgan fingerprint density at radius 2 is 2.03 bits per heavy atom. The molecule has 0 radical (unpaired) electrons. The molecule has 0 aliphatic carbocycles. The van der Waals surface area contributed by atoms with Gasteiger partial charge in [-0.3, -0.25) is 4.79 Å². The highest BCUT2D eigenvalue weighted by atomic mass is 16.6. The Morgan fingerprint density at radius 1 is 1.22 bits per heavy atom. The van der Waals surface area contributed by atoms with E-state index in [0.29, 0.717) is 29.1 Å². The number of aliphatic hydroxyl groups excluding tert-OH is 1. The van der Waals surface area contributed by atoms with Gasteiger partial charge in [0.2, 0.25) is 0 Å². The zero-order valence-electron chi connectivity index (χ0n) is 17.9. The van der Waals surface area contributed by atoms with Crippen LogP contribution in [0.2, 0.25) is 0 Å². The summed E-state index contributed by atoms with van der Waals surface area (Å²) in [5, 5.41) is 21.0. The first-order valence-corrected chi connectivity index (χ1v) is 10.6. The Balaban J connectivity index is 1.77. The number of aryl methyl sites for hydroxylation is 1. The third-order valence-corrected chi connectivity index (χ3v) is 6.47. The van der Waals surface area contributed by atoms with Gasteiger partial charge in [-0.2, -0.15) is 0 Å². The van der Waals surface area contributed by atoms with E-state index in [0.717, 1.165) is 34.0 Å². The summed E-state index contributed by atoms with van der Waals surface area (Å²) in [7, 11) is 0. The van der Waals surface area contributed by atoms with E-state index in [1.807, 2.05) is 18.2 Å². The van der Waals surface area contributed by atoms with Crippen LogP contribution in [0.1, 0.15) is 48.1 Å². The van der Waals surface area contributed by atoms with Crippen molar-refractivity contribution < 1.29 is 19.7 Å². The SMILES string of the molecule is CCc1c2c(nc3ccc(C#CCO)cc13)-c1cc3c(c(=O)n1C2)COC(=O)[C@]3(O)CC. The fourth-order valence-corrected chi connectivity index (χ4v) is 4.78. The van der Waals surface area contributed by atoms with Crippen molar-refractivity contribution in [2.45, 2.75) is 45.4 Å². The maximum atomic E-state index is 13.3. The second-order valence-corrected chi connectivity index (χ2v) is 8.07. The number of benzene rings is 1. The van der Waals surface area contributed by atoms with E-state index >= 15 is 0 Å². The van der Waals surface area contributed by atoms with Gasteiger partial charge in [-0.25, -0.2) is 9.78 Å². The average Bonchev–Trinajstić information content (AvgIpc) is 3.17. The summed E-state index contributed by atoms with van der Waals surface area (Å²) < 4.78 is 6.78. The summed E-state index contributed by atoms with van der Waals surface area (Å²) in [6.45, 7) is 3.76. The Hall–Kier alpha value is -3.47. The van der Waals surface area contributed by atoms with Gasteiger partial charge in [0, 0.05) is 22.1 Å². The van der Waals surface area contributed by atoms with Crippen LogP contribution in [0.4, 0.5) is 0 Å². The van der Waals surface area contributed by atoms with Crippen LogP contribution in [-0.4, -0.2) is 32.3 Å². The van der Waals surface area contributed by atoms with Crippen LogP contribution in [0.25, 0.3) is 22.3 Å². The molecule has 0 amide bonds. The van der Waals surface area contributed by atoms with E-state index in [-0.39, 0.29) is 25.2 Å². The average molecular weight is 430 g/mol. The number of cyclic esters (lactones) is 1. The Kier molecular flexibility index (Phi) is 4.66. The van der Waals surface area contributed by atoms with Crippen molar-refractivity contribution in [3.8, 4) is 23.2 Å². The van der Waals surface area contributed by atoms with E-state index in [1.54, 1.807) is 17.6 Å². The van der Waals surface area contributed by atoms with Crippen LogP contribution < -0.4 is 5.56 Å². The number of hydrogen-bond acceptors (Lipinski definition) is 6. The van der Waals surface area contributed by atoms with Crippen molar-refractivity contribution in [1.82, 2.24) is 9.55 Å². The van der Waals surface area contributed by atoms with Crippen molar-refractivity contribution in [2.24, 2.45) is 0 Å². The topological polar surface area (TPSA) is 102 Å². The van der Waals surface area contributed by atoms with E-state index in [2.05, 4.69) is 18.8 Å². The van der Waals surface area contributed by atoms with Gasteiger partial charge in [0.25, 0.3) is 5.56 Å².